The molecule has 0 saturated heterocycles. The third-order valence-corrected chi connectivity index (χ3v) is 5.84. The number of rotatable bonds is 9. The summed E-state index contributed by atoms with van der Waals surface area (Å²) in [6, 6.07) is 6.18. The summed E-state index contributed by atoms with van der Waals surface area (Å²) >= 11 is 0. The molecule has 142 valence electrons. The molecule has 0 spiro atoms. The standard InChI is InChI=1S/C14H25N3O3S2.ClH.H2O/c1-4-17(5-2)11-6-12-22(15,20)14-9-7-13(8-10-14)16-21(3,18)19;;/h7-10,15-16H,4-6,11-12H2,1-3H3;1H;1H2. The average molecular weight is 402 g/mol. The second-order valence-corrected chi connectivity index (χ2v) is 9.14. The Morgan fingerprint density at radius 2 is 1.58 bits per heavy atom. The lowest BCUT2D eigenvalue weighted by Crippen LogP contribution is -2.25. The minimum atomic E-state index is -3.33. The lowest BCUT2D eigenvalue weighted by Gasteiger charge is -2.18. The Kier molecular flexibility index (Phi) is 11.5. The minimum absolute atomic E-state index is 0. The fourth-order valence-electron chi connectivity index (χ4n) is 2.11. The van der Waals surface area contributed by atoms with Crippen LogP contribution >= 0.6 is 12.4 Å². The fraction of sp³-hybridized carbons (Fsp3) is 0.571. The van der Waals surface area contributed by atoms with E-state index >= 15 is 0 Å². The van der Waals surface area contributed by atoms with E-state index in [1.807, 2.05) is 0 Å². The van der Waals surface area contributed by atoms with Gasteiger partial charge in [0.2, 0.25) is 10.0 Å². The highest BCUT2D eigenvalue weighted by Gasteiger charge is 2.11. The van der Waals surface area contributed by atoms with Gasteiger partial charge in [0.05, 0.1) is 16.0 Å². The molecule has 0 fully saturated rings. The zero-order chi connectivity index (χ0) is 16.8. The molecule has 0 heterocycles. The van der Waals surface area contributed by atoms with Crippen LogP contribution in [0.4, 0.5) is 5.69 Å². The monoisotopic (exact) mass is 401 g/mol. The highest BCUT2D eigenvalue weighted by molar-refractivity contribution is 7.92. The van der Waals surface area contributed by atoms with Gasteiger partial charge < -0.3 is 10.4 Å². The number of sulfonamides is 1. The maximum absolute atomic E-state index is 12.5. The topological polar surface area (TPSA) is 122 Å². The first-order chi connectivity index (χ1) is 10.2. The van der Waals surface area contributed by atoms with Crippen molar-refractivity contribution in [1.29, 1.82) is 4.78 Å². The van der Waals surface area contributed by atoms with Crippen LogP contribution < -0.4 is 4.72 Å². The summed E-state index contributed by atoms with van der Waals surface area (Å²) in [4.78, 5) is 2.67. The van der Waals surface area contributed by atoms with Crippen molar-refractivity contribution in [3.05, 3.63) is 24.3 Å². The van der Waals surface area contributed by atoms with E-state index in [2.05, 4.69) is 23.5 Å². The van der Waals surface area contributed by atoms with Crippen LogP contribution in [-0.4, -0.2) is 54.6 Å². The van der Waals surface area contributed by atoms with Gasteiger partial charge in [0.1, 0.15) is 0 Å². The number of hydrogen-bond acceptors (Lipinski definition) is 5. The zero-order valence-corrected chi connectivity index (χ0v) is 16.7. The molecule has 7 nitrogen and oxygen atoms in total. The van der Waals surface area contributed by atoms with E-state index in [1.54, 1.807) is 12.1 Å². The Labute approximate surface area is 151 Å². The van der Waals surface area contributed by atoms with Gasteiger partial charge in [0.15, 0.2) is 0 Å². The Balaban J connectivity index is 0. The molecule has 0 aliphatic carbocycles. The molecule has 0 aliphatic rings. The Morgan fingerprint density at radius 3 is 2.00 bits per heavy atom. The second kappa shape index (κ2) is 10.9. The predicted molar refractivity (Wildman–Crippen MR) is 102 cm³/mol. The van der Waals surface area contributed by atoms with E-state index in [4.69, 9.17) is 4.78 Å². The van der Waals surface area contributed by atoms with Gasteiger partial charge in [-0.2, -0.15) is 0 Å². The van der Waals surface area contributed by atoms with E-state index in [0.29, 0.717) is 22.8 Å². The molecule has 1 aromatic rings. The Morgan fingerprint density at radius 1 is 1.08 bits per heavy atom. The molecular weight excluding hydrogens is 374 g/mol. The molecule has 0 amide bonds. The van der Waals surface area contributed by atoms with Gasteiger partial charge in [-0.25, -0.2) is 17.4 Å². The van der Waals surface area contributed by atoms with Crippen LogP contribution in [0.15, 0.2) is 29.2 Å². The van der Waals surface area contributed by atoms with E-state index in [1.165, 1.54) is 12.1 Å². The maximum atomic E-state index is 12.5. The second-order valence-electron chi connectivity index (χ2n) is 5.16. The molecular formula is C14H28ClN3O4S2. The summed E-state index contributed by atoms with van der Waals surface area (Å²) in [5.74, 6) is 0.308. The van der Waals surface area contributed by atoms with Gasteiger partial charge in [0.25, 0.3) is 0 Å². The summed E-state index contributed by atoms with van der Waals surface area (Å²) < 4.78 is 45.1. The summed E-state index contributed by atoms with van der Waals surface area (Å²) in [5.41, 5.74) is 0.407. The number of hydrogen-bond donors (Lipinski definition) is 2. The molecule has 0 saturated carbocycles. The quantitative estimate of drug-likeness (QED) is 0.654. The van der Waals surface area contributed by atoms with Crippen LogP contribution in [0.2, 0.25) is 0 Å². The Hall–Kier alpha value is -0.870. The summed E-state index contributed by atoms with van der Waals surface area (Å²) in [7, 11) is -6.17. The molecule has 1 rings (SSSR count). The minimum Gasteiger partial charge on any atom is -0.412 e. The van der Waals surface area contributed by atoms with E-state index < -0.39 is 19.8 Å². The predicted octanol–water partition coefficient (Wildman–Crippen LogP) is 1.79. The number of nitrogens with one attached hydrogen (secondary N) is 2. The highest BCUT2D eigenvalue weighted by Crippen LogP contribution is 2.17. The summed E-state index contributed by atoms with van der Waals surface area (Å²) in [6.45, 7) is 6.88. The van der Waals surface area contributed by atoms with Crippen LogP contribution in [0.1, 0.15) is 20.3 Å². The highest BCUT2D eigenvalue weighted by atomic mass is 35.5. The molecule has 0 radical (unpaired) electrons. The van der Waals surface area contributed by atoms with Crippen LogP contribution in [0.25, 0.3) is 0 Å². The van der Waals surface area contributed by atoms with Crippen LogP contribution in [0.3, 0.4) is 0 Å². The third kappa shape index (κ3) is 8.84. The van der Waals surface area contributed by atoms with Gasteiger partial charge >= 0.3 is 0 Å². The largest absolute Gasteiger partial charge is 0.412 e. The first kappa shape index (κ1) is 25.4. The van der Waals surface area contributed by atoms with Gasteiger partial charge in [0, 0.05) is 16.3 Å². The number of anilines is 1. The molecule has 10 heteroatoms. The first-order valence-corrected chi connectivity index (χ1v) is 10.9. The van der Waals surface area contributed by atoms with E-state index in [9.17, 15) is 12.6 Å². The molecule has 1 atom stereocenters. The first-order valence-electron chi connectivity index (χ1n) is 7.24. The lowest BCUT2D eigenvalue weighted by atomic mass is 10.3. The van der Waals surface area contributed by atoms with Crippen molar-refractivity contribution in [1.82, 2.24) is 4.90 Å². The van der Waals surface area contributed by atoms with Gasteiger partial charge in [-0.3, -0.25) is 4.72 Å². The van der Waals surface area contributed by atoms with E-state index in [-0.39, 0.29) is 17.9 Å². The van der Waals surface area contributed by atoms with Gasteiger partial charge in [-0.15, -0.1) is 12.4 Å². The van der Waals surface area contributed by atoms with Crippen LogP contribution in [0, 0.1) is 4.78 Å². The molecule has 1 unspecified atom stereocenters. The van der Waals surface area contributed by atoms with Crippen molar-refractivity contribution >= 4 is 37.8 Å². The number of halogens is 1. The molecule has 4 N–H and O–H groups in total. The van der Waals surface area contributed by atoms with Gasteiger partial charge in [-0.1, -0.05) is 13.8 Å². The lowest BCUT2D eigenvalue weighted by molar-refractivity contribution is 0.305. The maximum Gasteiger partial charge on any atom is 0.229 e. The van der Waals surface area contributed by atoms with Crippen molar-refractivity contribution in [2.75, 3.05) is 36.4 Å². The molecule has 0 bridgehead atoms. The van der Waals surface area contributed by atoms with Crippen molar-refractivity contribution in [2.45, 2.75) is 25.2 Å². The van der Waals surface area contributed by atoms with Crippen LogP contribution in [0.5, 0.6) is 0 Å². The molecule has 0 aliphatic heterocycles. The molecule has 1 aromatic carbocycles. The van der Waals surface area contributed by atoms with Gasteiger partial charge in [-0.05, 0) is 50.3 Å². The number of nitrogens with zero attached hydrogens (tertiary/aromatic N) is 1. The normalized spacial score (nSPS) is 13.5. The molecule has 24 heavy (non-hydrogen) atoms. The SMILES string of the molecule is CCN(CC)CCCS(=N)(=O)c1ccc(NS(C)(=O)=O)cc1.Cl.O. The smallest absolute Gasteiger partial charge is 0.229 e. The van der Waals surface area contributed by atoms with Crippen molar-refractivity contribution in [2.24, 2.45) is 0 Å². The van der Waals surface area contributed by atoms with E-state index in [0.717, 1.165) is 25.9 Å². The van der Waals surface area contributed by atoms with Crippen molar-refractivity contribution < 1.29 is 18.1 Å². The van der Waals surface area contributed by atoms with Crippen LogP contribution in [-0.2, 0) is 19.8 Å². The summed E-state index contributed by atoms with van der Waals surface area (Å²) in [6.07, 6.45) is 1.77. The zero-order valence-electron chi connectivity index (χ0n) is 14.2. The average Bonchev–Trinajstić information content (AvgIpc) is 2.42. The third-order valence-electron chi connectivity index (χ3n) is 3.34. The Bertz CT molecular complexity index is 672. The summed E-state index contributed by atoms with van der Waals surface area (Å²) in [5, 5.41) is 0. The fourth-order valence-corrected chi connectivity index (χ4v) is 4.02. The van der Waals surface area contributed by atoms with Crippen molar-refractivity contribution in [3.8, 4) is 0 Å². The number of benzene rings is 1. The molecule has 0 aromatic heterocycles. The van der Waals surface area contributed by atoms with Crippen molar-refractivity contribution in [3.63, 3.8) is 0 Å².